The highest BCUT2D eigenvalue weighted by molar-refractivity contribution is 5.03. The molecule has 164 valence electrons. The van der Waals surface area contributed by atoms with E-state index in [9.17, 15) is 0 Å². The summed E-state index contributed by atoms with van der Waals surface area (Å²) in [5, 5.41) is 25.0. The Morgan fingerprint density at radius 1 is 0.667 bits per heavy atom. The van der Waals surface area contributed by atoms with Crippen molar-refractivity contribution in [2.75, 3.05) is 0 Å². The molecule has 0 aliphatic carbocycles. The number of nitrogens with zero attached hydrogens (tertiary/aromatic N) is 8. The molecule has 0 aliphatic rings. The first-order chi connectivity index (χ1) is 14.3. The van der Waals surface area contributed by atoms with Crippen LogP contribution in [0.4, 0.5) is 0 Å². The second kappa shape index (κ2) is 12.9. The summed E-state index contributed by atoms with van der Waals surface area (Å²) in [6.45, 7) is 14.9. The molecule has 0 spiro atoms. The zero-order valence-electron chi connectivity index (χ0n) is 18.6. The molecule has 0 aliphatic heterocycles. The molecule has 0 aromatic carbocycles. The molecule has 4 aromatic rings. The van der Waals surface area contributed by atoms with Crippen LogP contribution < -0.4 is 0 Å². The quantitative estimate of drug-likeness (QED) is 0.467. The average Bonchev–Trinajstić information content (AvgIpc) is 3.49. The van der Waals surface area contributed by atoms with Gasteiger partial charge in [-0.05, 0) is 27.2 Å². The van der Waals surface area contributed by atoms with Gasteiger partial charge in [0.05, 0.1) is 0 Å². The first kappa shape index (κ1) is 24.6. The van der Waals surface area contributed by atoms with E-state index in [1.807, 2.05) is 27.7 Å². The SMILES string of the molecule is CCc1nnoc1CC.Cc1nnc(C)o1.Cc1noc(C)n1.Cc1nonc1C. The van der Waals surface area contributed by atoms with E-state index in [2.05, 4.69) is 50.2 Å². The van der Waals surface area contributed by atoms with Crippen LogP contribution in [0.15, 0.2) is 18.1 Å². The fourth-order valence-electron chi connectivity index (χ4n) is 1.84. The van der Waals surface area contributed by atoms with Crippen LogP contribution in [0.3, 0.4) is 0 Å². The molecule has 0 fully saturated rings. The average molecular weight is 420 g/mol. The molecule has 0 saturated heterocycles. The maximum absolute atomic E-state index is 4.86. The van der Waals surface area contributed by atoms with E-state index < -0.39 is 0 Å². The molecule has 12 heteroatoms. The van der Waals surface area contributed by atoms with Gasteiger partial charge in [-0.25, -0.2) is 4.63 Å². The number of rotatable bonds is 2. The first-order valence-corrected chi connectivity index (χ1v) is 9.36. The van der Waals surface area contributed by atoms with Crippen molar-refractivity contribution < 1.29 is 18.1 Å². The second-order valence-corrected chi connectivity index (χ2v) is 5.99. The topological polar surface area (TPSA) is 156 Å². The third-order valence-electron chi connectivity index (χ3n) is 3.43. The third kappa shape index (κ3) is 9.17. The lowest BCUT2D eigenvalue weighted by atomic mass is 10.2. The summed E-state index contributed by atoms with van der Waals surface area (Å²) in [7, 11) is 0. The molecule has 0 saturated carbocycles. The zero-order chi connectivity index (χ0) is 22.5. The molecular weight excluding hydrogens is 392 g/mol. The Bertz CT molecular complexity index is 866. The molecule has 0 unspecified atom stereocenters. The Labute approximate surface area is 174 Å². The van der Waals surface area contributed by atoms with Crippen LogP contribution in [-0.4, -0.2) is 41.0 Å². The first-order valence-electron chi connectivity index (χ1n) is 9.36. The number of hydrogen-bond acceptors (Lipinski definition) is 12. The monoisotopic (exact) mass is 420 g/mol. The zero-order valence-corrected chi connectivity index (χ0v) is 18.6. The lowest BCUT2D eigenvalue weighted by Crippen LogP contribution is -1.85. The molecule has 4 rings (SSSR count). The summed E-state index contributed by atoms with van der Waals surface area (Å²) >= 11 is 0. The van der Waals surface area contributed by atoms with Gasteiger partial charge in [0.25, 0.3) is 0 Å². The molecule has 0 atom stereocenters. The Kier molecular flexibility index (Phi) is 10.6. The van der Waals surface area contributed by atoms with Crippen LogP contribution in [0.1, 0.15) is 60.2 Å². The molecule has 0 amide bonds. The van der Waals surface area contributed by atoms with Crippen LogP contribution in [0.2, 0.25) is 0 Å². The van der Waals surface area contributed by atoms with Crippen LogP contribution in [0.25, 0.3) is 0 Å². The van der Waals surface area contributed by atoms with Gasteiger partial charge in [0, 0.05) is 32.5 Å². The summed E-state index contributed by atoms with van der Waals surface area (Å²) in [5.74, 6) is 3.47. The minimum Gasteiger partial charge on any atom is -0.426 e. The second-order valence-electron chi connectivity index (χ2n) is 5.99. The maximum Gasteiger partial charge on any atom is 0.223 e. The van der Waals surface area contributed by atoms with E-state index in [1.165, 1.54) is 0 Å². The lowest BCUT2D eigenvalue weighted by Gasteiger charge is -1.86. The van der Waals surface area contributed by atoms with E-state index in [0.717, 1.165) is 35.7 Å². The van der Waals surface area contributed by atoms with Crippen LogP contribution in [-0.2, 0) is 12.8 Å². The van der Waals surface area contributed by atoms with Gasteiger partial charge in [0.1, 0.15) is 17.1 Å². The summed E-state index contributed by atoms with van der Waals surface area (Å²) in [6, 6.07) is 0. The van der Waals surface area contributed by atoms with Gasteiger partial charge < -0.3 is 13.5 Å². The molecule has 0 N–H and O–H groups in total. The Morgan fingerprint density at radius 3 is 1.50 bits per heavy atom. The predicted octanol–water partition coefficient (Wildman–Crippen LogP) is 3.25. The molecular formula is C18H28N8O4. The van der Waals surface area contributed by atoms with Gasteiger partial charge >= 0.3 is 0 Å². The largest absolute Gasteiger partial charge is 0.426 e. The highest BCUT2D eigenvalue weighted by Crippen LogP contribution is 2.04. The smallest absolute Gasteiger partial charge is 0.223 e. The summed E-state index contributed by atoms with van der Waals surface area (Å²) in [6.07, 6.45) is 1.79. The molecule has 0 radical (unpaired) electrons. The van der Waals surface area contributed by atoms with Gasteiger partial charge in [0.15, 0.2) is 11.6 Å². The van der Waals surface area contributed by atoms with Gasteiger partial charge in [-0.2, -0.15) is 4.98 Å². The molecule has 0 bridgehead atoms. The van der Waals surface area contributed by atoms with Crippen LogP contribution >= 0.6 is 0 Å². The van der Waals surface area contributed by atoms with Gasteiger partial charge in [-0.15, -0.1) is 15.3 Å². The van der Waals surface area contributed by atoms with E-state index in [1.54, 1.807) is 27.7 Å². The van der Waals surface area contributed by atoms with Crippen molar-refractivity contribution in [2.24, 2.45) is 0 Å². The van der Waals surface area contributed by atoms with Crippen molar-refractivity contribution in [1.29, 1.82) is 0 Å². The lowest BCUT2D eigenvalue weighted by molar-refractivity contribution is 0.302. The Balaban J connectivity index is 0.000000201. The van der Waals surface area contributed by atoms with Gasteiger partial charge in [-0.3, -0.25) is 0 Å². The van der Waals surface area contributed by atoms with Crippen molar-refractivity contribution in [3.63, 3.8) is 0 Å². The van der Waals surface area contributed by atoms with E-state index in [-0.39, 0.29) is 0 Å². The maximum atomic E-state index is 4.86. The molecule has 4 heterocycles. The predicted molar refractivity (Wildman–Crippen MR) is 104 cm³/mol. The van der Waals surface area contributed by atoms with Crippen molar-refractivity contribution in [3.8, 4) is 0 Å². The number of aromatic nitrogens is 8. The van der Waals surface area contributed by atoms with Crippen LogP contribution in [0.5, 0.6) is 0 Å². The van der Waals surface area contributed by atoms with Crippen molar-refractivity contribution in [2.45, 2.75) is 68.2 Å². The highest BCUT2D eigenvalue weighted by Gasteiger charge is 2.03. The van der Waals surface area contributed by atoms with Crippen molar-refractivity contribution in [1.82, 2.24) is 41.0 Å². The van der Waals surface area contributed by atoms with Gasteiger partial charge in [-0.1, -0.05) is 29.3 Å². The van der Waals surface area contributed by atoms with E-state index in [0.29, 0.717) is 23.5 Å². The molecule has 30 heavy (non-hydrogen) atoms. The van der Waals surface area contributed by atoms with E-state index >= 15 is 0 Å². The van der Waals surface area contributed by atoms with Crippen molar-refractivity contribution in [3.05, 3.63) is 46.3 Å². The van der Waals surface area contributed by atoms with E-state index in [4.69, 9.17) is 8.94 Å². The summed E-state index contributed by atoms with van der Waals surface area (Å²) in [4.78, 5) is 3.83. The molecule has 4 aromatic heterocycles. The minimum absolute atomic E-state index is 0.623. The van der Waals surface area contributed by atoms with Crippen molar-refractivity contribution >= 4 is 0 Å². The summed E-state index contributed by atoms with van der Waals surface area (Å²) < 4.78 is 18.7. The highest BCUT2D eigenvalue weighted by atomic mass is 16.6. The standard InChI is InChI=1S/C6H10N2O.3C4H6N2O/c1-3-5-6(4-2)9-8-7-5;1-3-5-6-4(2)7-3;1-3-5-4(2)7-6-3;1-3-4(2)6-7-5-3/h3-4H2,1-2H3;3*1-2H3. The minimum atomic E-state index is 0.623. The number of hydrogen-bond donors (Lipinski definition) is 0. The third-order valence-corrected chi connectivity index (χ3v) is 3.43. The Hall–Kier alpha value is -3.44. The fraction of sp³-hybridized carbons (Fsp3) is 0.556. The number of aryl methyl sites for hydroxylation is 8. The Morgan fingerprint density at radius 2 is 1.27 bits per heavy atom. The summed E-state index contributed by atoms with van der Waals surface area (Å²) in [5.41, 5.74) is 2.71. The molecule has 12 nitrogen and oxygen atoms in total. The normalized spacial score (nSPS) is 9.60. The fourth-order valence-corrected chi connectivity index (χ4v) is 1.84. The van der Waals surface area contributed by atoms with Crippen LogP contribution in [0, 0.1) is 41.5 Å². The van der Waals surface area contributed by atoms with Gasteiger partial charge in [0.2, 0.25) is 17.7 Å².